The molecule has 0 aliphatic carbocycles. The summed E-state index contributed by atoms with van der Waals surface area (Å²) in [6, 6.07) is -4.02. The summed E-state index contributed by atoms with van der Waals surface area (Å²) in [5.41, 5.74) is 17.7. The van der Waals surface area contributed by atoms with Crippen molar-refractivity contribution in [1.29, 1.82) is 0 Å². The van der Waals surface area contributed by atoms with Crippen LogP contribution in [0.4, 0.5) is 0 Å². The van der Waals surface area contributed by atoms with Crippen LogP contribution in [0.5, 0.6) is 0 Å². The minimum absolute atomic E-state index is 0.386. The van der Waals surface area contributed by atoms with Crippen molar-refractivity contribution >= 4 is 21.7 Å². The summed E-state index contributed by atoms with van der Waals surface area (Å²) in [6.45, 7) is -2.23. The highest BCUT2D eigenvalue weighted by Crippen LogP contribution is 2.41. The highest BCUT2D eigenvalue weighted by atomic mass is 35.7. The first-order chi connectivity index (χ1) is 17.0. The van der Waals surface area contributed by atoms with Crippen molar-refractivity contribution in [3.8, 4) is 0 Å². The zero-order valence-corrected chi connectivity index (χ0v) is 20.4. The lowest BCUT2D eigenvalue weighted by Crippen LogP contribution is -2.70. The summed E-state index contributed by atoms with van der Waals surface area (Å²) in [4.78, 5) is -1.91. The van der Waals surface area contributed by atoms with E-state index in [0.29, 0.717) is 11.0 Å². The van der Waals surface area contributed by atoms with Crippen molar-refractivity contribution in [3.05, 3.63) is 0 Å². The molecule has 18 heteroatoms. The Labute approximate surface area is 214 Å². The smallest absolute Gasteiger partial charge is 0.182 e. The zero-order chi connectivity index (χ0) is 26.9. The topological polar surface area (TPSA) is 286 Å². The number of ether oxygens (including phenoxy) is 5. The average Bonchev–Trinajstić information content (AvgIpc) is 2.88. The standard InChI is InChI=1S/C18H34ClN3O13S/c19-36-18(3-25)14(29)11(28)8(22)17(35-18)34-13-5(2-24)32-16(7(21)10(13)27)33-12-4(1-23)31-15(30)6(20)9(12)26/h4-17,23-30H,1-3,20-22H2/t4-,5-,6-,7-,8-,9-,10-,11-,12?,13?,14+,15-,16+,17+,18-/m1/s1. The van der Waals surface area contributed by atoms with E-state index in [-0.39, 0.29) is 0 Å². The second-order valence-corrected chi connectivity index (χ2v) is 10.2. The molecule has 14 N–H and O–H groups in total. The van der Waals surface area contributed by atoms with Gasteiger partial charge in [-0.2, -0.15) is 0 Å². The largest absolute Gasteiger partial charge is 0.394 e. The Bertz CT molecular complexity index is 713. The van der Waals surface area contributed by atoms with Gasteiger partial charge in [0, 0.05) is 0 Å². The monoisotopic (exact) mass is 567 g/mol. The number of halogens is 1. The van der Waals surface area contributed by atoms with Gasteiger partial charge in [0.2, 0.25) is 0 Å². The Morgan fingerprint density at radius 3 is 1.78 bits per heavy atom. The molecule has 0 spiro atoms. The number of aliphatic hydroxyl groups excluding tert-OH is 8. The maximum Gasteiger partial charge on any atom is 0.182 e. The molecule has 3 aliphatic heterocycles. The fourth-order valence-electron chi connectivity index (χ4n) is 4.27. The summed E-state index contributed by atoms with van der Waals surface area (Å²) < 4.78 is 27.7. The van der Waals surface area contributed by atoms with Crippen LogP contribution in [0.1, 0.15) is 0 Å². The van der Waals surface area contributed by atoms with Crippen LogP contribution < -0.4 is 17.2 Å². The molecule has 3 fully saturated rings. The van der Waals surface area contributed by atoms with Gasteiger partial charge in [0.1, 0.15) is 48.8 Å². The number of nitrogens with two attached hydrogens (primary N) is 3. The van der Waals surface area contributed by atoms with Gasteiger partial charge in [0.25, 0.3) is 0 Å². The van der Waals surface area contributed by atoms with Crippen molar-refractivity contribution in [2.24, 2.45) is 17.2 Å². The van der Waals surface area contributed by atoms with Crippen molar-refractivity contribution in [2.45, 2.75) is 90.8 Å². The molecule has 0 aromatic heterocycles. The maximum absolute atomic E-state index is 10.9. The molecule has 36 heavy (non-hydrogen) atoms. The lowest BCUT2D eigenvalue weighted by Gasteiger charge is -2.50. The molecule has 0 aromatic carbocycles. The first kappa shape index (κ1) is 30.5. The van der Waals surface area contributed by atoms with Crippen LogP contribution in [0.3, 0.4) is 0 Å². The highest BCUT2D eigenvalue weighted by Gasteiger charge is 2.56. The fraction of sp³-hybridized carbons (Fsp3) is 1.00. The van der Waals surface area contributed by atoms with Gasteiger partial charge in [-0.05, 0) is 21.7 Å². The summed E-state index contributed by atoms with van der Waals surface area (Å²) in [5, 5.41) is 80.8. The average molecular weight is 568 g/mol. The summed E-state index contributed by atoms with van der Waals surface area (Å²) in [5.74, 6) is 0. The molecule has 0 saturated carbocycles. The van der Waals surface area contributed by atoms with Gasteiger partial charge < -0.3 is 81.7 Å². The Hall–Kier alpha value is 0.0000000000000000139. The number of hydrogen-bond acceptors (Lipinski definition) is 17. The molecule has 0 radical (unpaired) electrons. The van der Waals surface area contributed by atoms with Crippen LogP contribution in [0.15, 0.2) is 0 Å². The molecule has 3 rings (SSSR count). The predicted molar refractivity (Wildman–Crippen MR) is 120 cm³/mol. The molecular weight excluding hydrogens is 534 g/mol. The number of rotatable bonds is 8. The van der Waals surface area contributed by atoms with Crippen molar-refractivity contribution in [2.75, 3.05) is 19.8 Å². The molecule has 3 aliphatic rings. The van der Waals surface area contributed by atoms with E-state index in [1.54, 1.807) is 0 Å². The van der Waals surface area contributed by atoms with E-state index in [0.717, 1.165) is 0 Å². The van der Waals surface area contributed by atoms with Crippen LogP contribution in [0.25, 0.3) is 0 Å². The van der Waals surface area contributed by atoms with Crippen LogP contribution in [-0.4, -0.2) is 151 Å². The third kappa shape index (κ3) is 5.64. The van der Waals surface area contributed by atoms with Gasteiger partial charge >= 0.3 is 0 Å². The molecule has 0 bridgehead atoms. The predicted octanol–water partition coefficient (Wildman–Crippen LogP) is -6.46. The summed E-state index contributed by atoms with van der Waals surface area (Å²) in [7, 11) is 6.15. The van der Waals surface area contributed by atoms with Gasteiger partial charge in [-0.1, -0.05) is 0 Å². The molecule has 0 amide bonds. The number of hydrogen-bond donors (Lipinski definition) is 11. The second-order valence-electron chi connectivity index (χ2n) is 8.86. The normalized spacial score (nSPS) is 52.3. The summed E-state index contributed by atoms with van der Waals surface area (Å²) >= 11 is 0. The van der Waals surface area contributed by atoms with E-state index in [1.807, 2.05) is 0 Å². The molecular formula is C18H34ClN3O13S. The third-order valence-electron chi connectivity index (χ3n) is 6.55. The molecule has 212 valence electrons. The van der Waals surface area contributed by atoms with Crippen LogP contribution >= 0.6 is 21.7 Å². The van der Waals surface area contributed by atoms with E-state index in [9.17, 15) is 40.9 Å². The first-order valence-electron chi connectivity index (χ1n) is 11.0. The molecule has 0 aromatic rings. The van der Waals surface area contributed by atoms with Crippen LogP contribution in [0, 0.1) is 0 Å². The Balaban J connectivity index is 1.76. The minimum atomic E-state index is -1.91. The van der Waals surface area contributed by atoms with Crippen molar-refractivity contribution in [1.82, 2.24) is 0 Å². The van der Waals surface area contributed by atoms with E-state index >= 15 is 0 Å². The van der Waals surface area contributed by atoms with E-state index in [2.05, 4.69) is 0 Å². The highest BCUT2D eigenvalue weighted by molar-refractivity contribution is 8.22. The van der Waals surface area contributed by atoms with Crippen LogP contribution in [0.2, 0.25) is 0 Å². The first-order valence-corrected chi connectivity index (χ1v) is 12.7. The Kier molecular flexibility index (Phi) is 10.6. The second kappa shape index (κ2) is 12.5. The minimum Gasteiger partial charge on any atom is -0.394 e. The third-order valence-corrected chi connectivity index (χ3v) is 8.06. The van der Waals surface area contributed by atoms with Gasteiger partial charge in [0.05, 0.1) is 37.9 Å². The zero-order valence-electron chi connectivity index (χ0n) is 18.8. The lowest BCUT2D eigenvalue weighted by atomic mass is 9.94. The van der Waals surface area contributed by atoms with Crippen molar-refractivity contribution < 1.29 is 64.5 Å². The van der Waals surface area contributed by atoms with E-state index in [1.165, 1.54) is 0 Å². The SMILES string of the molecule is N[C@H]1[C@@H](OC2[C@@H](CO)O[C@@H](OC3[C@@H](CO)O[C@@H](O)[C@H](N)[C@H]3O)[C@H](N)[C@H]2O)O[C@](CO)(SCl)[C@@H](O)[C@@H]1O. The van der Waals surface area contributed by atoms with Gasteiger partial charge in [0.15, 0.2) is 23.8 Å². The molecule has 2 unspecified atom stereocenters. The van der Waals surface area contributed by atoms with Gasteiger partial charge in [-0.25, -0.2) is 0 Å². The molecule has 3 saturated heterocycles. The van der Waals surface area contributed by atoms with Gasteiger partial charge in [-0.3, -0.25) is 0 Å². The molecule has 3 heterocycles. The van der Waals surface area contributed by atoms with Crippen molar-refractivity contribution in [3.63, 3.8) is 0 Å². The quantitative estimate of drug-likeness (QED) is 0.130. The van der Waals surface area contributed by atoms with Gasteiger partial charge in [-0.15, -0.1) is 0 Å². The van der Waals surface area contributed by atoms with Crippen LogP contribution in [-0.2, 0) is 23.7 Å². The number of aliphatic hydroxyl groups is 8. The maximum atomic E-state index is 10.9. The molecule has 16 nitrogen and oxygen atoms in total. The molecule has 15 atom stereocenters. The Morgan fingerprint density at radius 2 is 1.25 bits per heavy atom. The summed E-state index contributed by atoms with van der Waals surface area (Å²) in [6.07, 6.45) is -16.3. The Morgan fingerprint density at radius 1 is 0.750 bits per heavy atom. The van der Waals surface area contributed by atoms with E-state index in [4.69, 9.17) is 51.6 Å². The van der Waals surface area contributed by atoms with E-state index < -0.39 is 111 Å². The lowest BCUT2D eigenvalue weighted by molar-refractivity contribution is -0.351. The fourth-order valence-corrected chi connectivity index (χ4v) is 5.21.